The summed E-state index contributed by atoms with van der Waals surface area (Å²) in [6.07, 6.45) is 8.13. The van der Waals surface area contributed by atoms with Crippen LogP contribution < -0.4 is 5.32 Å². The summed E-state index contributed by atoms with van der Waals surface area (Å²) in [5, 5.41) is 3.65. The van der Waals surface area contributed by atoms with Gasteiger partial charge in [-0.05, 0) is 57.8 Å². The van der Waals surface area contributed by atoms with E-state index in [-0.39, 0.29) is 0 Å². The number of rotatable bonds is 6. The highest BCUT2D eigenvalue weighted by atomic mass is 15.1. The fourth-order valence-electron chi connectivity index (χ4n) is 2.62. The van der Waals surface area contributed by atoms with Crippen LogP contribution in [0.2, 0.25) is 0 Å². The number of nitrogens with zero attached hydrogens (tertiary/aromatic N) is 1. The third-order valence-electron chi connectivity index (χ3n) is 3.88. The van der Waals surface area contributed by atoms with Crippen molar-refractivity contribution in [2.24, 2.45) is 5.92 Å². The molecule has 0 aromatic rings. The van der Waals surface area contributed by atoms with Crippen molar-refractivity contribution in [3.05, 3.63) is 0 Å². The summed E-state index contributed by atoms with van der Waals surface area (Å²) in [6.45, 7) is 12.1. The molecule has 102 valence electrons. The van der Waals surface area contributed by atoms with Crippen molar-refractivity contribution < 1.29 is 0 Å². The van der Waals surface area contributed by atoms with E-state index in [0.29, 0.717) is 0 Å². The van der Waals surface area contributed by atoms with Crippen LogP contribution in [0, 0.1) is 5.92 Å². The molecule has 1 heterocycles. The molecule has 1 rings (SSSR count). The van der Waals surface area contributed by atoms with Crippen LogP contribution >= 0.6 is 0 Å². The molecular formula is C15H32N2. The van der Waals surface area contributed by atoms with E-state index in [9.17, 15) is 0 Å². The third kappa shape index (κ3) is 7.05. The van der Waals surface area contributed by atoms with Crippen LogP contribution in [0.15, 0.2) is 0 Å². The van der Waals surface area contributed by atoms with Crippen LogP contribution in [0.3, 0.4) is 0 Å². The molecule has 1 aliphatic rings. The van der Waals surface area contributed by atoms with Gasteiger partial charge < -0.3 is 10.2 Å². The van der Waals surface area contributed by atoms with Crippen LogP contribution in [-0.2, 0) is 0 Å². The van der Waals surface area contributed by atoms with Crippen molar-refractivity contribution in [3.63, 3.8) is 0 Å². The topological polar surface area (TPSA) is 15.3 Å². The molecule has 1 aliphatic heterocycles. The zero-order valence-electron chi connectivity index (χ0n) is 12.2. The number of hydrogen-bond donors (Lipinski definition) is 1. The number of nitrogens with one attached hydrogen (secondary N) is 1. The monoisotopic (exact) mass is 240 g/mol. The minimum Gasteiger partial charge on any atom is -0.314 e. The van der Waals surface area contributed by atoms with Gasteiger partial charge in [-0.25, -0.2) is 0 Å². The van der Waals surface area contributed by atoms with E-state index >= 15 is 0 Å². The van der Waals surface area contributed by atoms with E-state index in [0.717, 1.165) is 12.0 Å². The molecule has 0 aliphatic carbocycles. The fraction of sp³-hybridized carbons (Fsp3) is 1.00. The molecular weight excluding hydrogens is 208 g/mol. The molecule has 0 saturated carbocycles. The van der Waals surface area contributed by atoms with E-state index < -0.39 is 0 Å². The van der Waals surface area contributed by atoms with E-state index in [4.69, 9.17) is 0 Å². The maximum Gasteiger partial charge on any atom is 0.00766 e. The minimum absolute atomic E-state index is 0.758. The summed E-state index contributed by atoms with van der Waals surface area (Å²) in [6, 6.07) is 0.758. The molecule has 1 fully saturated rings. The Labute approximate surface area is 108 Å². The van der Waals surface area contributed by atoms with Gasteiger partial charge in [0.15, 0.2) is 0 Å². The van der Waals surface area contributed by atoms with Gasteiger partial charge in [0.25, 0.3) is 0 Å². The quantitative estimate of drug-likeness (QED) is 0.717. The van der Waals surface area contributed by atoms with Gasteiger partial charge in [-0.1, -0.05) is 33.6 Å². The Balaban J connectivity index is 2.13. The first-order valence-corrected chi connectivity index (χ1v) is 7.68. The first kappa shape index (κ1) is 15.0. The first-order valence-electron chi connectivity index (χ1n) is 7.68. The molecule has 0 aromatic heterocycles. The highest BCUT2D eigenvalue weighted by molar-refractivity contribution is 4.72. The average Bonchev–Trinajstić information content (AvgIpc) is 2.27. The molecule has 0 spiro atoms. The van der Waals surface area contributed by atoms with Gasteiger partial charge in [0.1, 0.15) is 0 Å². The van der Waals surface area contributed by atoms with Crippen molar-refractivity contribution in [3.8, 4) is 0 Å². The molecule has 1 unspecified atom stereocenters. The molecule has 2 heteroatoms. The second-order valence-corrected chi connectivity index (χ2v) is 5.93. The lowest BCUT2D eigenvalue weighted by molar-refractivity contribution is 0.226. The zero-order chi connectivity index (χ0) is 12.5. The van der Waals surface area contributed by atoms with Gasteiger partial charge in [0, 0.05) is 6.04 Å². The van der Waals surface area contributed by atoms with Crippen LogP contribution in [0.5, 0.6) is 0 Å². The largest absolute Gasteiger partial charge is 0.314 e. The summed E-state index contributed by atoms with van der Waals surface area (Å²) < 4.78 is 0. The van der Waals surface area contributed by atoms with Gasteiger partial charge in [0.05, 0.1) is 0 Å². The second-order valence-electron chi connectivity index (χ2n) is 5.93. The lowest BCUT2D eigenvalue weighted by atomic mass is 10.1. The maximum absolute atomic E-state index is 3.65. The summed E-state index contributed by atoms with van der Waals surface area (Å²) in [5.74, 6) is 0.871. The van der Waals surface area contributed by atoms with Crippen molar-refractivity contribution >= 4 is 0 Å². The summed E-state index contributed by atoms with van der Waals surface area (Å²) in [5.41, 5.74) is 0. The molecule has 0 aromatic carbocycles. The van der Waals surface area contributed by atoms with Crippen LogP contribution in [0.4, 0.5) is 0 Å². The summed E-state index contributed by atoms with van der Waals surface area (Å²) in [4.78, 5) is 2.68. The Bertz CT molecular complexity index is 180. The molecule has 17 heavy (non-hydrogen) atoms. The van der Waals surface area contributed by atoms with Gasteiger partial charge in [0.2, 0.25) is 0 Å². The normalized spacial score (nSPS) is 23.6. The predicted octanol–water partition coefficient (Wildman–Crippen LogP) is 3.28. The molecule has 0 amide bonds. The van der Waals surface area contributed by atoms with E-state index in [1.165, 1.54) is 64.7 Å². The maximum atomic E-state index is 3.65. The van der Waals surface area contributed by atoms with Crippen LogP contribution in [0.25, 0.3) is 0 Å². The fourth-order valence-corrected chi connectivity index (χ4v) is 2.62. The Hall–Kier alpha value is -0.0800. The molecule has 0 bridgehead atoms. The lowest BCUT2D eigenvalue weighted by Gasteiger charge is -2.28. The molecule has 1 atom stereocenters. The van der Waals surface area contributed by atoms with Crippen molar-refractivity contribution in [2.45, 2.75) is 65.3 Å². The number of unbranched alkanes of at least 4 members (excludes halogenated alkanes) is 1. The summed E-state index contributed by atoms with van der Waals surface area (Å²) >= 11 is 0. The van der Waals surface area contributed by atoms with Crippen LogP contribution in [-0.4, -0.2) is 37.1 Å². The number of hydrogen-bond acceptors (Lipinski definition) is 2. The van der Waals surface area contributed by atoms with Crippen molar-refractivity contribution in [2.75, 3.05) is 26.2 Å². The highest BCUT2D eigenvalue weighted by Gasteiger charge is 2.12. The third-order valence-corrected chi connectivity index (χ3v) is 3.88. The summed E-state index contributed by atoms with van der Waals surface area (Å²) in [7, 11) is 0. The first-order chi connectivity index (χ1) is 8.22. The van der Waals surface area contributed by atoms with Crippen LogP contribution in [0.1, 0.15) is 59.3 Å². The second kappa shape index (κ2) is 8.93. The van der Waals surface area contributed by atoms with E-state index in [1.54, 1.807) is 0 Å². The van der Waals surface area contributed by atoms with Crippen molar-refractivity contribution in [1.29, 1.82) is 0 Å². The molecule has 0 radical (unpaired) electrons. The van der Waals surface area contributed by atoms with Gasteiger partial charge >= 0.3 is 0 Å². The minimum atomic E-state index is 0.758. The Morgan fingerprint density at radius 1 is 1.24 bits per heavy atom. The standard InChI is InChI=1S/C15H32N2/c1-4-15-9-13-17(12-7-10-16-15)11-6-5-8-14(2)3/h14-16H,4-13H2,1-3H3. The zero-order valence-corrected chi connectivity index (χ0v) is 12.2. The van der Waals surface area contributed by atoms with Crippen molar-refractivity contribution in [1.82, 2.24) is 10.2 Å². The lowest BCUT2D eigenvalue weighted by Crippen LogP contribution is -2.39. The van der Waals surface area contributed by atoms with E-state index in [2.05, 4.69) is 31.0 Å². The Morgan fingerprint density at radius 2 is 2.06 bits per heavy atom. The molecule has 1 saturated heterocycles. The SMILES string of the molecule is CCC1CCN(CCCCC(C)C)CCCN1. The Morgan fingerprint density at radius 3 is 2.76 bits per heavy atom. The highest BCUT2D eigenvalue weighted by Crippen LogP contribution is 2.09. The molecule has 1 N–H and O–H groups in total. The molecule has 2 nitrogen and oxygen atoms in total. The van der Waals surface area contributed by atoms with Gasteiger partial charge in [-0.15, -0.1) is 0 Å². The average molecular weight is 240 g/mol. The van der Waals surface area contributed by atoms with Gasteiger partial charge in [-0.2, -0.15) is 0 Å². The smallest absolute Gasteiger partial charge is 0.00766 e. The van der Waals surface area contributed by atoms with E-state index in [1.807, 2.05) is 0 Å². The Kier molecular flexibility index (Phi) is 7.87. The van der Waals surface area contributed by atoms with Gasteiger partial charge in [-0.3, -0.25) is 0 Å². The predicted molar refractivity (Wildman–Crippen MR) is 76.4 cm³/mol.